The van der Waals surface area contributed by atoms with Crippen molar-refractivity contribution >= 4 is 17.7 Å². The highest BCUT2D eigenvalue weighted by Crippen LogP contribution is 2.71. The summed E-state index contributed by atoms with van der Waals surface area (Å²) >= 11 is 0. The molecule has 0 aromatic carbocycles. The molecule has 6 rings (SSSR count). The Morgan fingerprint density at radius 2 is 1.63 bits per heavy atom. The lowest BCUT2D eigenvalue weighted by Gasteiger charge is -2.67. The number of carbonyl (C=O) groups is 3. The predicted octanol–water partition coefficient (Wildman–Crippen LogP) is 3.72. The maximum Gasteiger partial charge on any atom is 0.344 e. The number of nitrogens with zero attached hydrogens (tertiary/aromatic N) is 1. The minimum absolute atomic E-state index is 0. The normalized spacial score (nSPS) is 43.0. The van der Waals surface area contributed by atoms with Crippen LogP contribution in [0.1, 0.15) is 110 Å². The van der Waals surface area contributed by atoms with Gasteiger partial charge in [-0.15, -0.1) is 0 Å². The van der Waals surface area contributed by atoms with Gasteiger partial charge in [0.05, 0.1) is 5.41 Å². The Bertz CT molecular complexity index is 1370. The molecule has 5 aliphatic rings. The van der Waals surface area contributed by atoms with Gasteiger partial charge in [-0.2, -0.15) is 0 Å². The molecule has 6 nitrogen and oxygen atoms in total. The summed E-state index contributed by atoms with van der Waals surface area (Å²) < 4.78 is 8.09. The lowest BCUT2D eigenvalue weighted by Crippen LogP contribution is -3.00. The summed E-state index contributed by atoms with van der Waals surface area (Å²) in [5.41, 5.74) is 0.592. The average molecular weight is 704 g/mol. The van der Waals surface area contributed by atoms with Gasteiger partial charge in [-0.05, 0) is 111 Å². The summed E-state index contributed by atoms with van der Waals surface area (Å²) in [6.07, 6.45) is 13.6. The van der Waals surface area contributed by atoms with Gasteiger partial charge in [-0.1, -0.05) is 40.2 Å². The first-order chi connectivity index (χ1) is 19.5. The van der Waals surface area contributed by atoms with Crippen LogP contribution in [0, 0.1) is 50.7 Å². The standard InChI is InChI=1S/C36H49NO5.HI/c1-32(2)27-11-14-35(5)24-10-13-33(3)16-17-34(4,31(40)41)20-25(33)23(24)19-26(38)29(35)36(27,6)15-12-28(32)42-30(39)22-9-8-18-37(7)21-22;/h8-9,18-19,21,24-25,27-29H,10-17,20H2,1-7H3;1H/t24?,25-,27-,28-,29-,33-,34-,35-,36-;/m0./s1. The van der Waals surface area contributed by atoms with Crippen LogP contribution in [0.4, 0.5) is 0 Å². The minimum Gasteiger partial charge on any atom is -1.00 e. The first-order valence-corrected chi connectivity index (χ1v) is 16.2. The molecule has 0 amide bonds. The van der Waals surface area contributed by atoms with Crippen molar-refractivity contribution in [1.29, 1.82) is 0 Å². The fourth-order valence-electron chi connectivity index (χ4n) is 11.2. The molecule has 1 N–H and O–H groups in total. The molecule has 0 aliphatic heterocycles. The second-order valence-electron chi connectivity index (χ2n) is 16.5. The van der Waals surface area contributed by atoms with Crippen molar-refractivity contribution in [1.82, 2.24) is 0 Å². The van der Waals surface area contributed by atoms with Crippen molar-refractivity contribution in [2.75, 3.05) is 0 Å². The molecule has 1 unspecified atom stereocenters. The van der Waals surface area contributed by atoms with Crippen LogP contribution in [-0.2, 0) is 21.4 Å². The van der Waals surface area contributed by atoms with Crippen molar-refractivity contribution in [3.63, 3.8) is 0 Å². The lowest BCUT2D eigenvalue weighted by atomic mass is 9.37. The van der Waals surface area contributed by atoms with E-state index in [1.165, 1.54) is 5.57 Å². The van der Waals surface area contributed by atoms with Crippen molar-refractivity contribution in [2.24, 2.45) is 57.8 Å². The third-order valence-electron chi connectivity index (χ3n) is 13.6. The summed E-state index contributed by atoms with van der Waals surface area (Å²) in [4.78, 5) is 39.9. The molecular formula is C36H50INO5. The number of aliphatic carboxylic acids is 1. The second-order valence-corrected chi connectivity index (χ2v) is 16.5. The van der Waals surface area contributed by atoms with Crippen LogP contribution in [0.3, 0.4) is 0 Å². The molecule has 43 heavy (non-hydrogen) atoms. The largest absolute Gasteiger partial charge is 1.00 e. The molecule has 9 atom stereocenters. The Labute approximate surface area is 274 Å². The minimum atomic E-state index is -0.728. The maximum atomic E-state index is 14.4. The van der Waals surface area contributed by atoms with E-state index in [1.54, 1.807) is 12.3 Å². The number of carboxylic acid groups (broad SMARTS) is 1. The summed E-state index contributed by atoms with van der Waals surface area (Å²) in [7, 11) is 1.90. The Morgan fingerprint density at radius 1 is 0.930 bits per heavy atom. The quantitative estimate of drug-likeness (QED) is 0.295. The van der Waals surface area contributed by atoms with Crippen LogP contribution >= 0.6 is 0 Å². The number of allylic oxidation sites excluding steroid dienone is 2. The van der Waals surface area contributed by atoms with E-state index in [9.17, 15) is 19.5 Å². The van der Waals surface area contributed by atoms with Crippen molar-refractivity contribution in [3.8, 4) is 0 Å². The Morgan fingerprint density at radius 3 is 2.30 bits per heavy atom. The molecule has 5 aliphatic carbocycles. The first kappa shape index (κ1) is 32.6. The van der Waals surface area contributed by atoms with Gasteiger partial charge in [-0.25, -0.2) is 9.36 Å². The zero-order chi connectivity index (χ0) is 30.5. The molecule has 236 valence electrons. The van der Waals surface area contributed by atoms with Gasteiger partial charge in [-0.3, -0.25) is 9.59 Å². The van der Waals surface area contributed by atoms with Gasteiger partial charge < -0.3 is 33.8 Å². The van der Waals surface area contributed by atoms with E-state index in [0.717, 1.165) is 44.9 Å². The van der Waals surface area contributed by atoms with Crippen LogP contribution < -0.4 is 28.5 Å². The third kappa shape index (κ3) is 4.84. The highest BCUT2D eigenvalue weighted by Gasteiger charge is 2.67. The van der Waals surface area contributed by atoms with E-state index < -0.39 is 11.4 Å². The zero-order valence-corrected chi connectivity index (χ0v) is 29.2. The van der Waals surface area contributed by atoms with Crippen LogP contribution in [-0.4, -0.2) is 28.9 Å². The summed E-state index contributed by atoms with van der Waals surface area (Å²) in [6, 6.07) is 3.67. The van der Waals surface area contributed by atoms with E-state index in [2.05, 4.69) is 34.6 Å². The number of rotatable bonds is 3. The maximum absolute atomic E-state index is 14.4. The molecule has 0 bridgehead atoms. The fraction of sp³-hybridized carbons (Fsp3) is 0.722. The number of fused-ring (bicyclic) bond motifs is 7. The van der Waals surface area contributed by atoms with Crippen molar-refractivity contribution < 1.29 is 52.8 Å². The second kappa shape index (κ2) is 10.7. The number of pyridine rings is 1. The van der Waals surface area contributed by atoms with E-state index in [4.69, 9.17) is 4.74 Å². The fourth-order valence-corrected chi connectivity index (χ4v) is 11.2. The first-order valence-electron chi connectivity index (χ1n) is 16.2. The van der Waals surface area contributed by atoms with E-state index in [1.807, 2.05) is 36.9 Å². The predicted molar refractivity (Wildman–Crippen MR) is 159 cm³/mol. The number of hydrogen-bond acceptors (Lipinski definition) is 4. The average Bonchev–Trinajstić information content (AvgIpc) is 2.90. The monoisotopic (exact) mass is 703 g/mol. The van der Waals surface area contributed by atoms with Gasteiger partial charge in [0.25, 0.3) is 0 Å². The van der Waals surface area contributed by atoms with E-state index >= 15 is 0 Å². The number of carbonyl (C=O) groups excluding carboxylic acids is 2. The molecule has 1 aromatic rings. The summed E-state index contributed by atoms with van der Waals surface area (Å²) in [6.45, 7) is 13.5. The Hall–Kier alpha value is -1.77. The zero-order valence-electron chi connectivity index (χ0n) is 27.0. The molecule has 0 saturated heterocycles. The highest BCUT2D eigenvalue weighted by atomic mass is 127. The van der Waals surface area contributed by atoms with Crippen LogP contribution in [0.25, 0.3) is 0 Å². The van der Waals surface area contributed by atoms with Gasteiger partial charge in [0.1, 0.15) is 18.7 Å². The Balaban J connectivity index is 0.00000368. The van der Waals surface area contributed by atoms with Gasteiger partial charge in [0.15, 0.2) is 18.2 Å². The number of ether oxygens (including phenoxy) is 1. The molecule has 4 fully saturated rings. The number of hydrogen-bond donors (Lipinski definition) is 1. The number of ketones is 1. The smallest absolute Gasteiger partial charge is 0.344 e. The number of carboxylic acids is 1. The molecule has 7 heteroatoms. The van der Waals surface area contributed by atoms with Crippen molar-refractivity contribution in [3.05, 3.63) is 41.7 Å². The molecular weight excluding hydrogens is 653 g/mol. The van der Waals surface area contributed by atoms with Gasteiger partial charge in [0.2, 0.25) is 0 Å². The molecule has 0 spiro atoms. The van der Waals surface area contributed by atoms with Gasteiger partial charge in [0, 0.05) is 17.4 Å². The number of esters is 1. The number of halogens is 1. The van der Waals surface area contributed by atoms with E-state index in [0.29, 0.717) is 24.3 Å². The summed E-state index contributed by atoms with van der Waals surface area (Å²) in [5, 5.41) is 10.1. The third-order valence-corrected chi connectivity index (χ3v) is 13.6. The SMILES string of the molecule is C[n+]1cccc(C(=O)O[C@H]2CC[C@]3(C)[C@H]4C(=O)C=C5C(CC[C@@]6(C)CC[C@](C)(C(=O)O)C[C@@H]56)[C@]4(C)CC[C@H]3C2(C)C)c1.[I-]. The van der Waals surface area contributed by atoms with Crippen LogP contribution in [0.15, 0.2) is 36.2 Å². The van der Waals surface area contributed by atoms with E-state index in [-0.39, 0.29) is 81.2 Å². The molecule has 4 saturated carbocycles. The Kier molecular flexibility index (Phi) is 8.08. The van der Waals surface area contributed by atoms with Gasteiger partial charge >= 0.3 is 11.9 Å². The van der Waals surface area contributed by atoms with Crippen LogP contribution in [0.5, 0.6) is 0 Å². The molecule has 1 aromatic heterocycles. The number of aryl methyl sites for hydroxylation is 1. The molecule has 1 heterocycles. The number of aromatic nitrogens is 1. The summed E-state index contributed by atoms with van der Waals surface area (Å²) in [5.74, 6) is -0.0480. The highest BCUT2D eigenvalue weighted by molar-refractivity contribution is 5.95. The van der Waals surface area contributed by atoms with Crippen molar-refractivity contribution in [2.45, 2.75) is 105 Å². The topological polar surface area (TPSA) is 84.5 Å². The molecule has 0 radical (unpaired) electrons. The lowest BCUT2D eigenvalue weighted by molar-refractivity contribution is -0.671. The van der Waals surface area contributed by atoms with Crippen LogP contribution in [0.2, 0.25) is 0 Å².